The lowest BCUT2D eigenvalue weighted by Crippen LogP contribution is -2.05. The topological polar surface area (TPSA) is 26.3 Å². The van der Waals surface area contributed by atoms with Gasteiger partial charge in [-0.15, -0.1) is 0 Å². The summed E-state index contributed by atoms with van der Waals surface area (Å²) in [4.78, 5) is 11.4. The monoisotopic (exact) mass is 284 g/mol. The lowest BCUT2D eigenvalue weighted by Gasteiger charge is -2.06. The second-order valence-electron chi connectivity index (χ2n) is 6.33. The first-order valence-electron chi connectivity index (χ1n) is 8.82. The van der Waals surface area contributed by atoms with E-state index in [2.05, 4.69) is 20.8 Å². The van der Waals surface area contributed by atoms with Gasteiger partial charge in [-0.1, -0.05) is 78.6 Å². The van der Waals surface area contributed by atoms with Gasteiger partial charge in [-0.05, 0) is 18.8 Å². The highest BCUT2D eigenvalue weighted by Crippen LogP contribution is 2.11. The molecule has 0 N–H and O–H groups in total. The van der Waals surface area contributed by atoms with Crippen molar-refractivity contribution in [1.29, 1.82) is 0 Å². The molecule has 0 saturated heterocycles. The predicted octanol–water partition coefficient (Wildman–Crippen LogP) is 5.89. The molecule has 0 unspecified atom stereocenters. The van der Waals surface area contributed by atoms with Gasteiger partial charge < -0.3 is 4.74 Å². The molecule has 0 aliphatic heterocycles. The van der Waals surface area contributed by atoms with Crippen molar-refractivity contribution in [1.82, 2.24) is 0 Å². The van der Waals surface area contributed by atoms with Crippen LogP contribution in [0.5, 0.6) is 0 Å². The number of esters is 1. The van der Waals surface area contributed by atoms with Crippen LogP contribution in [0.2, 0.25) is 0 Å². The highest BCUT2D eigenvalue weighted by Gasteiger charge is 2.02. The van der Waals surface area contributed by atoms with Gasteiger partial charge in [0.15, 0.2) is 0 Å². The highest BCUT2D eigenvalue weighted by molar-refractivity contribution is 5.69. The fraction of sp³-hybridized carbons (Fsp3) is 0.944. The molecule has 0 aromatic carbocycles. The molecule has 0 aliphatic rings. The van der Waals surface area contributed by atoms with Gasteiger partial charge in [0.05, 0.1) is 6.61 Å². The molecule has 2 nitrogen and oxygen atoms in total. The van der Waals surface area contributed by atoms with Crippen LogP contribution in [0.4, 0.5) is 0 Å². The Morgan fingerprint density at radius 1 is 0.850 bits per heavy atom. The standard InChI is InChI=1S/C18H36O2/c1-4-5-6-12-15-18(19)20-16-13-10-8-7-9-11-14-17(2)3/h17H,4-16H2,1-3H3. The Bertz CT molecular complexity index is 211. The average molecular weight is 284 g/mol. The molecule has 120 valence electrons. The molecule has 0 aliphatic carbocycles. The van der Waals surface area contributed by atoms with Crippen LogP contribution in [0.15, 0.2) is 0 Å². The van der Waals surface area contributed by atoms with Crippen LogP contribution in [0, 0.1) is 5.92 Å². The first-order valence-corrected chi connectivity index (χ1v) is 8.82. The third-order valence-corrected chi connectivity index (χ3v) is 3.67. The fourth-order valence-corrected chi connectivity index (χ4v) is 2.32. The molecule has 0 atom stereocenters. The Balaban J connectivity index is 3.13. The van der Waals surface area contributed by atoms with E-state index in [9.17, 15) is 4.79 Å². The van der Waals surface area contributed by atoms with Gasteiger partial charge in [-0.2, -0.15) is 0 Å². The molecule has 0 radical (unpaired) electrons. The second kappa shape index (κ2) is 14.9. The first-order chi connectivity index (χ1) is 9.66. The molecule has 0 saturated carbocycles. The molecule has 0 aromatic heterocycles. The van der Waals surface area contributed by atoms with Crippen LogP contribution in [-0.2, 0) is 9.53 Å². The zero-order valence-electron chi connectivity index (χ0n) is 14.1. The van der Waals surface area contributed by atoms with Crippen molar-refractivity contribution in [3.63, 3.8) is 0 Å². The van der Waals surface area contributed by atoms with Gasteiger partial charge in [0, 0.05) is 6.42 Å². The van der Waals surface area contributed by atoms with E-state index in [1.54, 1.807) is 0 Å². The van der Waals surface area contributed by atoms with Gasteiger partial charge in [-0.25, -0.2) is 0 Å². The molecule has 0 fully saturated rings. The molecule has 20 heavy (non-hydrogen) atoms. The molecule has 0 heterocycles. The van der Waals surface area contributed by atoms with Gasteiger partial charge in [-0.3, -0.25) is 4.79 Å². The normalized spacial score (nSPS) is 11.0. The Morgan fingerprint density at radius 3 is 2.10 bits per heavy atom. The maximum absolute atomic E-state index is 11.4. The SMILES string of the molecule is CCCCCCC(=O)OCCCCCCCCC(C)C. The number of hydrogen-bond acceptors (Lipinski definition) is 2. The third-order valence-electron chi connectivity index (χ3n) is 3.67. The Kier molecular flexibility index (Phi) is 14.5. The Labute approximate surface area is 126 Å². The molecule has 2 heteroatoms. The summed E-state index contributed by atoms with van der Waals surface area (Å²) in [5, 5.41) is 0. The third kappa shape index (κ3) is 15.5. The fourth-order valence-electron chi connectivity index (χ4n) is 2.32. The zero-order valence-corrected chi connectivity index (χ0v) is 14.1. The van der Waals surface area contributed by atoms with Crippen LogP contribution in [0.1, 0.15) is 97.8 Å². The van der Waals surface area contributed by atoms with Crippen molar-refractivity contribution in [2.75, 3.05) is 6.61 Å². The van der Waals surface area contributed by atoms with Crippen molar-refractivity contribution in [3.8, 4) is 0 Å². The smallest absolute Gasteiger partial charge is 0.305 e. The van der Waals surface area contributed by atoms with Crippen molar-refractivity contribution < 1.29 is 9.53 Å². The molecular formula is C18H36O2. The van der Waals surface area contributed by atoms with Gasteiger partial charge in [0.2, 0.25) is 0 Å². The molecule has 0 bridgehead atoms. The van der Waals surface area contributed by atoms with Gasteiger partial charge in [0.25, 0.3) is 0 Å². The van der Waals surface area contributed by atoms with Crippen LogP contribution in [-0.4, -0.2) is 12.6 Å². The minimum atomic E-state index is -0.00182. The van der Waals surface area contributed by atoms with Crippen LogP contribution >= 0.6 is 0 Å². The minimum absolute atomic E-state index is 0.00182. The molecule has 0 spiro atoms. The maximum Gasteiger partial charge on any atom is 0.305 e. The van der Waals surface area contributed by atoms with Crippen molar-refractivity contribution >= 4 is 5.97 Å². The molecule has 0 amide bonds. The predicted molar refractivity (Wildman–Crippen MR) is 86.9 cm³/mol. The quantitative estimate of drug-likeness (QED) is 0.294. The highest BCUT2D eigenvalue weighted by atomic mass is 16.5. The molecular weight excluding hydrogens is 248 g/mol. The summed E-state index contributed by atoms with van der Waals surface area (Å²) in [6, 6.07) is 0. The van der Waals surface area contributed by atoms with Crippen molar-refractivity contribution in [2.24, 2.45) is 5.92 Å². The molecule has 0 aromatic rings. The Hall–Kier alpha value is -0.530. The summed E-state index contributed by atoms with van der Waals surface area (Å²) in [7, 11) is 0. The molecule has 0 rings (SSSR count). The van der Waals surface area contributed by atoms with E-state index in [0.29, 0.717) is 13.0 Å². The summed E-state index contributed by atoms with van der Waals surface area (Å²) >= 11 is 0. The number of carbonyl (C=O) groups excluding carboxylic acids is 1. The van der Waals surface area contributed by atoms with Crippen LogP contribution in [0.25, 0.3) is 0 Å². The average Bonchev–Trinajstić information content (AvgIpc) is 2.41. The van der Waals surface area contributed by atoms with E-state index >= 15 is 0 Å². The summed E-state index contributed by atoms with van der Waals surface area (Å²) < 4.78 is 5.24. The lowest BCUT2D eigenvalue weighted by molar-refractivity contribution is -0.143. The van der Waals surface area contributed by atoms with E-state index in [0.717, 1.165) is 25.2 Å². The van der Waals surface area contributed by atoms with E-state index in [1.807, 2.05) is 0 Å². The first kappa shape index (κ1) is 19.5. The summed E-state index contributed by atoms with van der Waals surface area (Å²) in [5.41, 5.74) is 0. The van der Waals surface area contributed by atoms with E-state index in [4.69, 9.17) is 4.74 Å². The summed E-state index contributed by atoms with van der Waals surface area (Å²) in [5.74, 6) is 0.838. The second-order valence-corrected chi connectivity index (χ2v) is 6.33. The zero-order chi connectivity index (χ0) is 15.1. The van der Waals surface area contributed by atoms with Crippen molar-refractivity contribution in [3.05, 3.63) is 0 Å². The van der Waals surface area contributed by atoms with Gasteiger partial charge >= 0.3 is 5.97 Å². The Morgan fingerprint density at radius 2 is 1.45 bits per heavy atom. The number of hydrogen-bond donors (Lipinski definition) is 0. The van der Waals surface area contributed by atoms with Crippen LogP contribution < -0.4 is 0 Å². The summed E-state index contributed by atoms with van der Waals surface area (Å²) in [6.45, 7) is 7.38. The van der Waals surface area contributed by atoms with E-state index < -0.39 is 0 Å². The lowest BCUT2D eigenvalue weighted by atomic mass is 10.0. The van der Waals surface area contributed by atoms with Crippen LogP contribution in [0.3, 0.4) is 0 Å². The number of ether oxygens (including phenoxy) is 1. The number of unbranched alkanes of at least 4 members (excludes halogenated alkanes) is 8. The maximum atomic E-state index is 11.4. The number of rotatable bonds is 14. The largest absolute Gasteiger partial charge is 0.466 e. The van der Waals surface area contributed by atoms with Crippen molar-refractivity contribution in [2.45, 2.75) is 97.8 Å². The van der Waals surface area contributed by atoms with E-state index in [-0.39, 0.29) is 5.97 Å². The van der Waals surface area contributed by atoms with Gasteiger partial charge in [0.1, 0.15) is 0 Å². The summed E-state index contributed by atoms with van der Waals surface area (Å²) in [6.07, 6.45) is 14.1. The number of carbonyl (C=O) groups is 1. The van der Waals surface area contributed by atoms with E-state index in [1.165, 1.54) is 51.4 Å². The minimum Gasteiger partial charge on any atom is -0.466 e.